The molecule has 0 saturated carbocycles. The minimum absolute atomic E-state index is 0.0265. The SMILES string of the molecule is CS(=O)(=O)c1ccnc(N2CCN(C(=O)c3ccc(-c4nc5c(C(N)=O)cccc5[nH]4)cc3)CC2)n1. The Labute approximate surface area is 206 Å². The van der Waals surface area contributed by atoms with E-state index in [1.807, 2.05) is 11.0 Å². The number of aromatic nitrogens is 4. The van der Waals surface area contributed by atoms with Gasteiger partial charge >= 0.3 is 0 Å². The van der Waals surface area contributed by atoms with Gasteiger partial charge in [-0.05, 0) is 30.3 Å². The number of rotatable bonds is 5. The van der Waals surface area contributed by atoms with Crippen LogP contribution in [0.15, 0.2) is 59.8 Å². The van der Waals surface area contributed by atoms with E-state index < -0.39 is 15.7 Å². The van der Waals surface area contributed by atoms with Crippen LogP contribution in [0, 0.1) is 0 Å². The third kappa shape index (κ3) is 4.50. The van der Waals surface area contributed by atoms with Crippen LogP contribution in [0.2, 0.25) is 0 Å². The zero-order valence-corrected chi connectivity index (χ0v) is 20.2. The molecule has 2 aromatic heterocycles. The molecule has 1 saturated heterocycles. The Hall–Kier alpha value is -4.32. The number of primary amides is 1. The quantitative estimate of drug-likeness (QED) is 0.387. The highest BCUT2D eigenvalue weighted by Gasteiger charge is 2.24. The van der Waals surface area contributed by atoms with Gasteiger partial charge in [0, 0.05) is 49.8 Å². The summed E-state index contributed by atoms with van der Waals surface area (Å²) >= 11 is 0. The lowest BCUT2D eigenvalue weighted by Gasteiger charge is -2.34. The van der Waals surface area contributed by atoms with Crippen molar-refractivity contribution in [3.63, 3.8) is 0 Å². The maximum atomic E-state index is 13.1. The minimum atomic E-state index is -3.43. The van der Waals surface area contributed by atoms with E-state index in [-0.39, 0.29) is 10.9 Å². The van der Waals surface area contributed by atoms with Crippen molar-refractivity contribution >= 4 is 38.6 Å². The summed E-state index contributed by atoms with van der Waals surface area (Å²) in [4.78, 5) is 44.4. The number of benzene rings is 2. The number of fused-ring (bicyclic) bond motifs is 1. The zero-order valence-electron chi connectivity index (χ0n) is 19.4. The van der Waals surface area contributed by atoms with Crippen LogP contribution >= 0.6 is 0 Å². The first kappa shape index (κ1) is 23.4. The second kappa shape index (κ2) is 9.04. The molecule has 1 aliphatic heterocycles. The van der Waals surface area contributed by atoms with Crippen LogP contribution in [0.5, 0.6) is 0 Å². The van der Waals surface area contributed by atoms with E-state index >= 15 is 0 Å². The van der Waals surface area contributed by atoms with Crippen LogP contribution in [-0.4, -0.2) is 77.5 Å². The van der Waals surface area contributed by atoms with Gasteiger partial charge in [0.1, 0.15) is 11.3 Å². The molecule has 2 amide bonds. The molecule has 0 radical (unpaired) electrons. The Kier molecular flexibility index (Phi) is 5.88. The molecule has 0 spiro atoms. The maximum absolute atomic E-state index is 13.1. The minimum Gasteiger partial charge on any atom is -0.366 e. The number of H-pyrrole nitrogens is 1. The molecule has 3 heterocycles. The number of amides is 2. The molecule has 0 aliphatic carbocycles. The number of carbonyl (C=O) groups is 2. The monoisotopic (exact) mass is 505 g/mol. The summed E-state index contributed by atoms with van der Waals surface area (Å²) in [5.41, 5.74) is 8.30. The van der Waals surface area contributed by atoms with Crippen molar-refractivity contribution in [1.29, 1.82) is 0 Å². The van der Waals surface area contributed by atoms with Crippen molar-refractivity contribution in [2.75, 3.05) is 37.3 Å². The summed E-state index contributed by atoms with van der Waals surface area (Å²) in [5, 5.41) is -0.0265. The number of nitrogens with two attached hydrogens (primary N) is 1. The summed E-state index contributed by atoms with van der Waals surface area (Å²) in [6.45, 7) is 1.87. The standard InChI is InChI=1S/C24H23N7O4S/c1-36(34,35)19-9-10-26-24(28-19)31-13-11-30(12-14-31)23(33)16-7-5-15(6-8-16)22-27-18-4-2-3-17(21(25)32)20(18)29-22/h2-10H,11-14H2,1H3,(H2,25,32)(H,27,29). The average Bonchev–Trinajstić information content (AvgIpc) is 3.32. The highest BCUT2D eigenvalue weighted by atomic mass is 32.2. The third-order valence-electron chi connectivity index (χ3n) is 6.03. The molecule has 0 bridgehead atoms. The Morgan fingerprint density at radius 2 is 1.69 bits per heavy atom. The van der Waals surface area contributed by atoms with E-state index in [1.165, 1.54) is 12.3 Å². The predicted octanol–water partition coefficient (Wildman–Crippen LogP) is 1.48. The number of sulfone groups is 1. The third-order valence-corrected chi connectivity index (χ3v) is 7.02. The van der Waals surface area contributed by atoms with Crippen molar-refractivity contribution in [3.05, 3.63) is 65.9 Å². The smallest absolute Gasteiger partial charge is 0.253 e. The zero-order chi connectivity index (χ0) is 25.4. The number of nitrogens with one attached hydrogen (secondary N) is 1. The molecule has 0 atom stereocenters. The fourth-order valence-electron chi connectivity index (χ4n) is 4.12. The van der Waals surface area contributed by atoms with Crippen LogP contribution in [0.3, 0.4) is 0 Å². The van der Waals surface area contributed by atoms with Gasteiger partial charge in [-0.2, -0.15) is 0 Å². The highest BCUT2D eigenvalue weighted by Crippen LogP contribution is 2.24. The maximum Gasteiger partial charge on any atom is 0.253 e. The second-order valence-corrected chi connectivity index (χ2v) is 10.4. The molecule has 11 nitrogen and oxygen atoms in total. The van der Waals surface area contributed by atoms with E-state index in [2.05, 4.69) is 19.9 Å². The summed E-state index contributed by atoms with van der Waals surface area (Å²) in [7, 11) is -3.43. The lowest BCUT2D eigenvalue weighted by atomic mass is 10.1. The molecular formula is C24H23N7O4S. The fourth-order valence-corrected chi connectivity index (χ4v) is 4.68. The summed E-state index contributed by atoms with van der Waals surface area (Å²) in [6.07, 6.45) is 2.53. The molecule has 184 valence electrons. The van der Waals surface area contributed by atoms with Crippen LogP contribution in [0.4, 0.5) is 5.95 Å². The number of anilines is 1. The molecule has 12 heteroatoms. The first-order valence-corrected chi connectivity index (χ1v) is 13.1. The van der Waals surface area contributed by atoms with Crippen molar-refractivity contribution in [3.8, 4) is 11.4 Å². The van der Waals surface area contributed by atoms with Gasteiger partial charge in [-0.3, -0.25) is 9.59 Å². The van der Waals surface area contributed by atoms with E-state index in [9.17, 15) is 18.0 Å². The number of piperazine rings is 1. The van der Waals surface area contributed by atoms with Crippen molar-refractivity contribution in [2.45, 2.75) is 5.03 Å². The number of aromatic amines is 1. The fraction of sp³-hybridized carbons (Fsp3) is 0.208. The number of para-hydroxylation sites is 1. The van der Waals surface area contributed by atoms with E-state index in [0.717, 1.165) is 11.8 Å². The summed E-state index contributed by atoms with van der Waals surface area (Å²) < 4.78 is 23.6. The molecule has 1 aliphatic rings. The van der Waals surface area contributed by atoms with Gasteiger partial charge in [-0.1, -0.05) is 18.2 Å². The largest absolute Gasteiger partial charge is 0.366 e. The van der Waals surface area contributed by atoms with Gasteiger partial charge in [-0.25, -0.2) is 23.4 Å². The van der Waals surface area contributed by atoms with Gasteiger partial charge in [0.25, 0.3) is 11.8 Å². The Bertz CT molecular complexity index is 1570. The highest BCUT2D eigenvalue weighted by molar-refractivity contribution is 7.90. The number of hydrogen-bond donors (Lipinski definition) is 2. The van der Waals surface area contributed by atoms with Crippen LogP contribution in [0.1, 0.15) is 20.7 Å². The van der Waals surface area contributed by atoms with Gasteiger partial charge < -0.3 is 20.5 Å². The van der Waals surface area contributed by atoms with Crippen LogP contribution in [-0.2, 0) is 9.84 Å². The van der Waals surface area contributed by atoms with E-state index in [1.54, 1.807) is 41.3 Å². The van der Waals surface area contributed by atoms with E-state index in [4.69, 9.17) is 5.73 Å². The summed E-state index contributed by atoms with van der Waals surface area (Å²) in [5.74, 6) is 0.254. The lowest BCUT2D eigenvalue weighted by Crippen LogP contribution is -2.49. The second-order valence-electron chi connectivity index (χ2n) is 8.48. The molecule has 5 rings (SSSR count). The molecule has 1 fully saturated rings. The molecule has 36 heavy (non-hydrogen) atoms. The normalized spacial score (nSPS) is 14.2. The van der Waals surface area contributed by atoms with Gasteiger partial charge in [-0.15, -0.1) is 0 Å². The van der Waals surface area contributed by atoms with Gasteiger partial charge in [0.2, 0.25) is 5.95 Å². The number of nitrogens with zero attached hydrogens (tertiary/aromatic N) is 5. The molecule has 3 N–H and O–H groups in total. The predicted molar refractivity (Wildman–Crippen MR) is 133 cm³/mol. The number of hydrogen-bond acceptors (Lipinski definition) is 8. The summed E-state index contributed by atoms with van der Waals surface area (Å²) in [6, 6.07) is 13.6. The Balaban J connectivity index is 1.27. The van der Waals surface area contributed by atoms with E-state index in [0.29, 0.717) is 60.1 Å². The van der Waals surface area contributed by atoms with Gasteiger partial charge in [0.05, 0.1) is 11.1 Å². The van der Waals surface area contributed by atoms with Crippen molar-refractivity contribution in [1.82, 2.24) is 24.8 Å². The molecule has 0 unspecified atom stereocenters. The lowest BCUT2D eigenvalue weighted by molar-refractivity contribution is 0.0746. The van der Waals surface area contributed by atoms with Gasteiger partial charge in [0.15, 0.2) is 14.9 Å². The molecule has 4 aromatic rings. The first-order valence-electron chi connectivity index (χ1n) is 11.2. The number of carbonyl (C=O) groups excluding carboxylic acids is 2. The Morgan fingerprint density at radius 1 is 0.972 bits per heavy atom. The molecular weight excluding hydrogens is 482 g/mol. The van der Waals surface area contributed by atoms with Crippen LogP contribution < -0.4 is 10.6 Å². The number of imidazole rings is 1. The topological polar surface area (TPSA) is 155 Å². The van der Waals surface area contributed by atoms with Crippen molar-refractivity contribution < 1.29 is 18.0 Å². The van der Waals surface area contributed by atoms with Crippen molar-refractivity contribution in [2.24, 2.45) is 5.73 Å². The molecule has 2 aromatic carbocycles. The average molecular weight is 506 g/mol. The van der Waals surface area contributed by atoms with Crippen LogP contribution in [0.25, 0.3) is 22.4 Å². The first-order chi connectivity index (χ1) is 17.2. The Morgan fingerprint density at radius 3 is 2.36 bits per heavy atom.